The quantitative estimate of drug-likeness (QED) is 0.198. The van der Waals surface area contributed by atoms with Gasteiger partial charge in [0.25, 0.3) is 11.8 Å². The summed E-state index contributed by atoms with van der Waals surface area (Å²) in [5.41, 5.74) is 0.186. The largest absolute Gasteiger partial charge is 0.478 e. The maximum Gasteiger partial charge on any atom is 0.339 e. The molecule has 0 aliphatic carbocycles. The molecule has 9 nitrogen and oxygen atoms in total. The van der Waals surface area contributed by atoms with E-state index in [0.29, 0.717) is 28.5 Å². The van der Waals surface area contributed by atoms with E-state index in [0.717, 1.165) is 0 Å². The molecule has 39 heavy (non-hydrogen) atoms. The predicted molar refractivity (Wildman–Crippen MR) is 147 cm³/mol. The zero-order valence-corrected chi connectivity index (χ0v) is 23.2. The molecule has 0 saturated heterocycles. The minimum atomic E-state index is -1.18. The van der Waals surface area contributed by atoms with Crippen LogP contribution in [0.4, 0.5) is 0 Å². The fraction of sp³-hybridized carbons (Fsp3) is 0.0769. The van der Waals surface area contributed by atoms with Crippen molar-refractivity contribution < 1.29 is 33.6 Å². The molecule has 2 aromatic carbocycles. The maximum absolute atomic E-state index is 11.2. The third-order valence-electron chi connectivity index (χ3n) is 4.73. The first-order chi connectivity index (χ1) is 18.7. The lowest BCUT2D eigenvalue weighted by Crippen LogP contribution is -2.01. The highest BCUT2D eigenvalue weighted by atomic mass is 35.5. The van der Waals surface area contributed by atoms with E-state index >= 15 is 0 Å². The van der Waals surface area contributed by atoms with Gasteiger partial charge in [-0.15, -0.1) is 0 Å². The lowest BCUT2D eigenvalue weighted by atomic mass is 10.2. The van der Waals surface area contributed by atoms with Crippen LogP contribution in [0.1, 0.15) is 20.7 Å². The lowest BCUT2D eigenvalue weighted by molar-refractivity contribution is 0.0694. The Labute approximate surface area is 242 Å². The number of ether oxygens (including phenoxy) is 4. The number of carboxylic acid groups (broad SMARTS) is 1. The number of nitrogens with zero attached hydrogens (tertiary/aromatic N) is 2. The number of benzene rings is 2. The van der Waals surface area contributed by atoms with Gasteiger partial charge in [-0.05, 0) is 36.4 Å². The first-order valence-electron chi connectivity index (χ1n) is 10.7. The number of hydrogen-bond acceptors (Lipinski definition) is 8. The van der Waals surface area contributed by atoms with E-state index in [1.54, 1.807) is 30.5 Å². The van der Waals surface area contributed by atoms with Crippen LogP contribution in [0.15, 0.2) is 60.9 Å². The van der Waals surface area contributed by atoms with Gasteiger partial charge < -0.3 is 24.1 Å². The van der Waals surface area contributed by atoms with E-state index in [1.165, 1.54) is 44.7 Å². The molecule has 0 unspecified atom stereocenters. The summed E-state index contributed by atoms with van der Waals surface area (Å²) in [6.45, 7) is 0. The van der Waals surface area contributed by atoms with Gasteiger partial charge in [0.2, 0.25) is 0 Å². The summed E-state index contributed by atoms with van der Waals surface area (Å²) in [4.78, 5) is 30.2. The van der Waals surface area contributed by atoms with Gasteiger partial charge >= 0.3 is 5.97 Å². The van der Waals surface area contributed by atoms with E-state index in [1.807, 2.05) is 0 Å². The molecular formula is C26H18Cl4N2O7. The van der Waals surface area contributed by atoms with E-state index in [-0.39, 0.29) is 43.8 Å². The molecule has 2 heterocycles. The van der Waals surface area contributed by atoms with Crippen molar-refractivity contribution in [2.75, 3.05) is 14.2 Å². The Balaban J connectivity index is 0.000000216. The van der Waals surface area contributed by atoms with Crippen molar-refractivity contribution in [1.82, 2.24) is 9.97 Å². The topological polar surface area (TPSA) is 117 Å². The Bertz CT molecular complexity index is 1500. The molecule has 0 aliphatic rings. The predicted octanol–water partition coefficient (Wildman–Crippen LogP) is 7.89. The van der Waals surface area contributed by atoms with Gasteiger partial charge in [-0.25, -0.2) is 14.8 Å². The van der Waals surface area contributed by atoms with Gasteiger partial charge in [-0.3, -0.25) is 4.79 Å². The second kappa shape index (κ2) is 13.9. The molecule has 0 spiro atoms. The van der Waals surface area contributed by atoms with Crippen molar-refractivity contribution in [3.05, 3.63) is 92.1 Å². The number of pyridine rings is 2. The SMILES string of the molecule is COc1ncccc1Oc1cc(Cl)c(Cl)cc1C(=O)O.COc1ncccc1Oc1cc(Cl)c(Cl)cc1C=O. The van der Waals surface area contributed by atoms with Crippen LogP contribution in [0.2, 0.25) is 20.1 Å². The van der Waals surface area contributed by atoms with Gasteiger partial charge in [0, 0.05) is 24.5 Å². The Morgan fingerprint density at radius 2 is 1.21 bits per heavy atom. The summed E-state index contributed by atoms with van der Waals surface area (Å²) in [5.74, 6) is 0.359. The van der Waals surface area contributed by atoms with Crippen LogP contribution in [0.3, 0.4) is 0 Å². The zero-order valence-electron chi connectivity index (χ0n) is 20.2. The van der Waals surface area contributed by atoms with Crippen molar-refractivity contribution in [3.8, 4) is 34.8 Å². The minimum absolute atomic E-state index is 0.0539. The number of carbonyl (C=O) groups is 2. The summed E-state index contributed by atoms with van der Waals surface area (Å²) < 4.78 is 21.2. The molecule has 0 fully saturated rings. The number of rotatable bonds is 8. The van der Waals surface area contributed by atoms with Crippen LogP contribution in [0.25, 0.3) is 0 Å². The fourth-order valence-corrected chi connectivity index (χ4v) is 3.60. The van der Waals surface area contributed by atoms with E-state index in [9.17, 15) is 9.59 Å². The molecule has 2 aromatic heterocycles. The van der Waals surface area contributed by atoms with Gasteiger partial charge in [-0.1, -0.05) is 46.4 Å². The third-order valence-corrected chi connectivity index (χ3v) is 6.18. The van der Waals surface area contributed by atoms with Crippen LogP contribution >= 0.6 is 46.4 Å². The van der Waals surface area contributed by atoms with Crippen LogP contribution in [0, 0.1) is 0 Å². The number of aldehydes is 1. The summed E-state index contributed by atoms with van der Waals surface area (Å²) in [7, 11) is 2.91. The normalized spacial score (nSPS) is 10.1. The standard InChI is InChI=1S/C13H9Cl2NO4.C13H9Cl2NO3/c1-19-12-10(3-2-4-16-12)20-11-6-9(15)8(14)5-7(11)13(17)18;1-18-13-11(3-2-4-16-13)19-12-6-10(15)9(14)5-8(12)7-17/h2-6H,1H3,(H,17,18);2-7H,1H3. The summed E-state index contributed by atoms with van der Waals surface area (Å²) >= 11 is 23.4. The number of methoxy groups -OCH3 is 2. The number of halogens is 4. The van der Waals surface area contributed by atoms with Crippen molar-refractivity contribution in [2.45, 2.75) is 0 Å². The zero-order chi connectivity index (χ0) is 28.5. The molecule has 202 valence electrons. The maximum atomic E-state index is 11.2. The Kier molecular flexibility index (Phi) is 10.6. The lowest BCUT2D eigenvalue weighted by Gasteiger charge is -2.12. The van der Waals surface area contributed by atoms with Crippen molar-refractivity contribution in [1.29, 1.82) is 0 Å². The molecule has 0 bridgehead atoms. The van der Waals surface area contributed by atoms with Gasteiger partial charge in [-0.2, -0.15) is 0 Å². The average molecular weight is 612 g/mol. The average Bonchev–Trinajstić information content (AvgIpc) is 2.93. The molecular weight excluding hydrogens is 594 g/mol. The third kappa shape index (κ3) is 7.64. The number of hydrogen-bond donors (Lipinski definition) is 1. The first kappa shape index (κ1) is 29.8. The highest BCUT2D eigenvalue weighted by Gasteiger charge is 2.17. The van der Waals surface area contributed by atoms with E-state index in [2.05, 4.69) is 9.97 Å². The molecule has 0 radical (unpaired) electrons. The second-order valence-corrected chi connectivity index (χ2v) is 8.84. The first-order valence-corrected chi connectivity index (χ1v) is 12.2. The highest BCUT2D eigenvalue weighted by Crippen LogP contribution is 2.37. The molecule has 1 N–H and O–H groups in total. The molecule has 4 rings (SSSR count). The molecule has 0 atom stereocenters. The van der Waals surface area contributed by atoms with Crippen LogP contribution in [0.5, 0.6) is 34.8 Å². The molecule has 0 amide bonds. The monoisotopic (exact) mass is 610 g/mol. The van der Waals surface area contributed by atoms with Crippen molar-refractivity contribution in [3.63, 3.8) is 0 Å². The van der Waals surface area contributed by atoms with Crippen LogP contribution in [-0.4, -0.2) is 41.5 Å². The Hall–Kier alpha value is -3.76. The minimum Gasteiger partial charge on any atom is -0.478 e. The summed E-state index contributed by atoms with van der Waals surface area (Å²) in [5, 5.41) is 10.1. The van der Waals surface area contributed by atoms with Crippen molar-refractivity contribution in [2.24, 2.45) is 0 Å². The van der Waals surface area contributed by atoms with Gasteiger partial charge in [0.1, 0.15) is 17.1 Å². The number of carboxylic acids is 1. The Morgan fingerprint density at radius 1 is 0.744 bits per heavy atom. The second-order valence-electron chi connectivity index (χ2n) is 7.22. The summed E-state index contributed by atoms with van der Waals surface area (Å²) in [6.07, 6.45) is 3.74. The fourth-order valence-electron chi connectivity index (χ4n) is 2.96. The highest BCUT2D eigenvalue weighted by molar-refractivity contribution is 6.42. The molecule has 0 aliphatic heterocycles. The molecule has 4 aromatic rings. The van der Waals surface area contributed by atoms with Gasteiger partial charge in [0.15, 0.2) is 17.8 Å². The van der Waals surface area contributed by atoms with Crippen LogP contribution in [-0.2, 0) is 0 Å². The van der Waals surface area contributed by atoms with Crippen molar-refractivity contribution >= 4 is 58.7 Å². The Morgan fingerprint density at radius 3 is 1.69 bits per heavy atom. The van der Waals surface area contributed by atoms with Gasteiger partial charge in [0.05, 0.1) is 39.9 Å². The molecule has 13 heteroatoms. The number of aromatic nitrogens is 2. The number of aromatic carboxylic acids is 1. The number of carbonyl (C=O) groups excluding carboxylic acids is 1. The van der Waals surface area contributed by atoms with E-state index in [4.69, 9.17) is 70.5 Å². The van der Waals surface area contributed by atoms with E-state index < -0.39 is 5.97 Å². The smallest absolute Gasteiger partial charge is 0.339 e. The van der Waals surface area contributed by atoms with Crippen LogP contribution < -0.4 is 18.9 Å². The summed E-state index contributed by atoms with van der Waals surface area (Å²) in [6, 6.07) is 12.1. The molecule has 0 saturated carbocycles.